The topological polar surface area (TPSA) is 29.1 Å². The van der Waals surface area contributed by atoms with Gasteiger partial charge >= 0.3 is 0 Å². The summed E-state index contributed by atoms with van der Waals surface area (Å²) in [4.78, 5) is 14.3. The Morgan fingerprint density at radius 1 is 1.50 bits per heavy atom. The summed E-state index contributed by atoms with van der Waals surface area (Å²) in [5.41, 5.74) is 1.45. The van der Waals surface area contributed by atoms with E-state index < -0.39 is 0 Å². The Morgan fingerprint density at radius 2 is 2.28 bits per heavy atom. The Hall–Kier alpha value is -0.540. The molecule has 0 atom stereocenters. The monoisotopic (exact) mass is 285 g/mol. The number of rotatable bonds is 5. The number of halogens is 1. The third kappa shape index (κ3) is 3.27. The third-order valence-electron chi connectivity index (χ3n) is 3.47. The van der Waals surface area contributed by atoms with Crippen molar-refractivity contribution in [2.75, 3.05) is 12.4 Å². The smallest absolute Gasteiger partial charge is 0.261 e. The fraction of sp³-hybridized carbons (Fsp3) is 0.643. The summed E-state index contributed by atoms with van der Waals surface area (Å²) in [6, 6.07) is 2.07. The zero-order chi connectivity index (χ0) is 13.2. The largest absolute Gasteiger partial charge is 0.351 e. The second kappa shape index (κ2) is 5.62. The van der Waals surface area contributed by atoms with Crippen LogP contribution in [0.3, 0.4) is 0 Å². The fourth-order valence-electron chi connectivity index (χ4n) is 2.19. The van der Waals surface area contributed by atoms with Gasteiger partial charge in [-0.05, 0) is 42.7 Å². The van der Waals surface area contributed by atoms with Crippen molar-refractivity contribution in [2.45, 2.75) is 39.5 Å². The Kier molecular flexibility index (Phi) is 4.33. The zero-order valence-electron chi connectivity index (χ0n) is 11.0. The molecule has 100 valence electrons. The standard InChI is InChI=1S/C14H20ClNOS/c1-14(2,6-7-15)9-16-13(17)12-8-10-4-3-5-11(10)18-12/h8H,3-7,9H2,1-2H3,(H,16,17). The first-order valence-electron chi connectivity index (χ1n) is 6.47. The number of amides is 1. The van der Waals surface area contributed by atoms with Crippen molar-refractivity contribution >= 4 is 28.8 Å². The summed E-state index contributed by atoms with van der Waals surface area (Å²) in [5, 5.41) is 3.03. The predicted octanol–water partition coefficient (Wildman–Crippen LogP) is 3.62. The molecule has 1 aromatic rings. The highest BCUT2D eigenvalue weighted by Crippen LogP contribution is 2.30. The summed E-state index contributed by atoms with van der Waals surface area (Å²) in [7, 11) is 0. The minimum atomic E-state index is 0.0667. The van der Waals surface area contributed by atoms with E-state index in [0.717, 1.165) is 24.1 Å². The van der Waals surface area contributed by atoms with Gasteiger partial charge in [0.15, 0.2) is 0 Å². The van der Waals surface area contributed by atoms with Crippen molar-refractivity contribution in [3.63, 3.8) is 0 Å². The molecule has 0 unspecified atom stereocenters. The number of hydrogen-bond donors (Lipinski definition) is 1. The summed E-state index contributed by atoms with van der Waals surface area (Å²) in [6.45, 7) is 4.94. The van der Waals surface area contributed by atoms with E-state index >= 15 is 0 Å². The molecule has 0 radical (unpaired) electrons. The molecular weight excluding hydrogens is 266 g/mol. The minimum Gasteiger partial charge on any atom is -0.351 e. The molecule has 1 N–H and O–H groups in total. The lowest BCUT2D eigenvalue weighted by Gasteiger charge is -2.23. The van der Waals surface area contributed by atoms with Crippen LogP contribution in [0.15, 0.2) is 6.07 Å². The third-order valence-corrected chi connectivity index (χ3v) is 4.89. The molecule has 0 aliphatic heterocycles. The van der Waals surface area contributed by atoms with E-state index in [2.05, 4.69) is 25.2 Å². The molecular formula is C14H20ClNOS. The Morgan fingerprint density at radius 3 is 2.94 bits per heavy atom. The molecule has 1 aliphatic rings. The van der Waals surface area contributed by atoms with Crippen molar-refractivity contribution in [2.24, 2.45) is 5.41 Å². The highest BCUT2D eigenvalue weighted by Gasteiger charge is 2.21. The van der Waals surface area contributed by atoms with E-state index in [4.69, 9.17) is 11.6 Å². The van der Waals surface area contributed by atoms with E-state index in [0.29, 0.717) is 12.4 Å². The second-order valence-electron chi connectivity index (χ2n) is 5.70. The van der Waals surface area contributed by atoms with E-state index in [-0.39, 0.29) is 11.3 Å². The van der Waals surface area contributed by atoms with Gasteiger partial charge in [0.05, 0.1) is 4.88 Å². The van der Waals surface area contributed by atoms with Gasteiger partial charge in [-0.15, -0.1) is 22.9 Å². The van der Waals surface area contributed by atoms with E-state index in [9.17, 15) is 4.79 Å². The maximum absolute atomic E-state index is 12.1. The van der Waals surface area contributed by atoms with E-state index in [1.54, 1.807) is 11.3 Å². The number of carbonyl (C=O) groups is 1. The van der Waals surface area contributed by atoms with Gasteiger partial charge in [0.1, 0.15) is 0 Å². The van der Waals surface area contributed by atoms with Crippen LogP contribution in [-0.2, 0) is 12.8 Å². The SMILES string of the molecule is CC(C)(CCCl)CNC(=O)c1cc2c(s1)CCC2. The number of nitrogens with one attached hydrogen (secondary N) is 1. The molecule has 4 heteroatoms. The molecule has 1 aliphatic carbocycles. The number of alkyl halides is 1. The number of fused-ring (bicyclic) bond motifs is 1. The summed E-state index contributed by atoms with van der Waals surface area (Å²) in [6.07, 6.45) is 4.43. The molecule has 1 heterocycles. The molecule has 0 bridgehead atoms. The predicted molar refractivity (Wildman–Crippen MR) is 77.8 cm³/mol. The van der Waals surface area contributed by atoms with Crippen LogP contribution in [0.2, 0.25) is 0 Å². The van der Waals surface area contributed by atoms with E-state index in [1.165, 1.54) is 16.9 Å². The van der Waals surface area contributed by atoms with Crippen molar-refractivity contribution in [1.29, 1.82) is 0 Å². The van der Waals surface area contributed by atoms with E-state index in [1.807, 2.05) is 0 Å². The van der Waals surface area contributed by atoms with Crippen LogP contribution < -0.4 is 5.32 Å². The fourth-order valence-corrected chi connectivity index (χ4v) is 3.87. The minimum absolute atomic E-state index is 0.0667. The van der Waals surface area contributed by atoms with Crippen LogP contribution in [0.4, 0.5) is 0 Å². The molecule has 18 heavy (non-hydrogen) atoms. The average Bonchev–Trinajstić information content (AvgIpc) is 2.85. The zero-order valence-corrected chi connectivity index (χ0v) is 12.6. The Balaban J connectivity index is 1.91. The van der Waals surface area contributed by atoms with Gasteiger partial charge in [-0.3, -0.25) is 4.79 Å². The van der Waals surface area contributed by atoms with Gasteiger partial charge in [-0.1, -0.05) is 13.8 Å². The lowest BCUT2D eigenvalue weighted by Crippen LogP contribution is -2.33. The van der Waals surface area contributed by atoms with Gasteiger partial charge < -0.3 is 5.32 Å². The maximum atomic E-state index is 12.1. The van der Waals surface area contributed by atoms with Gasteiger partial charge in [-0.25, -0.2) is 0 Å². The quantitative estimate of drug-likeness (QED) is 0.823. The van der Waals surface area contributed by atoms with Gasteiger partial charge in [0.25, 0.3) is 5.91 Å². The molecule has 1 amide bonds. The normalized spacial score (nSPS) is 14.6. The van der Waals surface area contributed by atoms with Gasteiger partial charge in [0.2, 0.25) is 0 Å². The lowest BCUT2D eigenvalue weighted by atomic mass is 9.90. The van der Waals surface area contributed by atoms with Crippen molar-refractivity contribution in [3.05, 3.63) is 21.4 Å². The first-order valence-corrected chi connectivity index (χ1v) is 7.83. The molecule has 0 spiro atoms. The maximum Gasteiger partial charge on any atom is 0.261 e. The average molecular weight is 286 g/mol. The lowest BCUT2D eigenvalue weighted by molar-refractivity contribution is 0.0940. The van der Waals surface area contributed by atoms with Crippen LogP contribution in [0, 0.1) is 5.41 Å². The number of aryl methyl sites for hydroxylation is 2. The second-order valence-corrected chi connectivity index (χ2v) is 7.21. The van der Waals surface area contributed by atoms with Gasteiger partial charge in [0, 0.05) is 17.3 Å². The van der Waals surface area contributed by atoms with Crippen LogP contribution in [0.25, 0.3) is 0 Å². The molecule has 0 saturated heterocycles. The molecule has 2 nitrogen and oxygen atoms in total. The first kappa shape index (κ1) is 13.9. The number of carbonyl (C=O) groups excluding carboxylic acids is 1. The van der Waals surface area contributed by atoms with Crippen LogP contribution in [-0.4, -0.2) is 18.3 Å². The number of thiophene rings is 1. The van der Waals surface area contributed by atoms with Crippen molar-refractivity contribution < 1.29 is 4.79 Å². The summed E-state index contributed by atoms with van der Waals surface area (Å²) in [5.74, 6) is 0.702. The highest BCUT2D eigenvalue weighted by molar-refractivity contribution is 7.14. The number of hydrogen-bond acceptors (Lipinski definition) is 2. The molecule has 0 fully saturated rings. The van der Waals surface area contributed by atoms with Crippen molar-refractivity contribution in [3.8, 4) is 0 Å². The molecule has 2 rings (SSSR count). The van der Waals surface area contributed by atoms with Crippen LogP contribution >= 0.6 is 22.9 Å². The van der Waals surface area contributed by atoms with Crippen LogP contribution in [0.5, 0.6) is 0 Å². The molecule has 0 saturated carbocycles. The summed E-state index contributed by atoms with van der Waals surface area (Å²) >= 11 is 7.41. The highest BCUT2D eigenvalue weighted by atomic mass is 35.5. The molecule has 1 aromatic heterocycles. The summed E-state index contributed by atoms with van der Waals surface area (Å²) < 4.78 is 0. The van der Waals surface area contributed by atoms with Crippen LogP contribution in [0.1, 0.15) is 46.8 Å². The first-order chi connectivity index (χ1) is 8.52. The van der Waals surface area contributed by atoms with Crippen molar-refractivity contribution in [1.82, 2.24) is 5.32 Å². The Bertz CT molecular complexity index is 418. The van der Waals surface area contributed by atoms with Gasteiger partial charge in [-0.2, -0.15) is 0 Å². The molecule has 0 aromatic carbocycles. The Labute approximate surface area is 118 Å².